The van der Waals surface area contributed by atoms with Crippen molar-refractivity contribution in [2.24, 2.45) is 10.7 Å². The maximum absolute atomic E-state index is 9.52. The predicted octanol–water partition coefficient (Wildman–Crippen LogP) is 2.97. The van der Waals surface area contributed by atoms with E-state index in [9.17, 15) is 5.26 Å². The van der Waals surface area contributed by atoms with Crippen LogP contribution in [0.3, 0.4) is 0 Å². The van der Waals surface area contributed by atoms with E-state index in [4.69, 9.17) is 5.73 Å². The van der Waals surface area contributed by atoms with Crippen molar-refractivity contribution in [2.75, 3.05) is 6.54 Å². The smallest absolute Gasteiger partial charge is 0.204 e. The van der Waals surface area contributed by atoms with Gasteiger partial charge >= 0.3 is 0 Å². The van der Waals surface area contributed by atoms with E-state index in [0.717, 1.165) is 19.3 Å². The molecule has 1 saturated heterocycles. The Morgan fingerprint density at radius 1 is 1.23 bits per heavy atom. The summed E-state index contributed by atoms with van der Waals surface area (Å²) in [7, 11) is 0. The standard InChI is InChI=1S/C17H33N5/c1-6-7-8-9-10-20-15(19)22(13-18)14-11-16(2,3)21-17(4,5)12-14/h14,21H,6-12H2,1-5H3,(H2,19,20). The van der Waals surface area contributed by atoms with Crippen molar-refractivity contribution >= 4 is 5.96 Å². The fourth-order valence-electron chi connectivity index (χ4n) is 3.58. The van der Waals surface area contributed by atoms with Crippen LogP contribution in [0.1, 0.15) is 73.1 Å². The van der Waals surface area contributed by atoms with Gasteiger partial charge < -0.3 is 11.1 Å². The summed E-state index contributed by atoms with van der Waals surface area (Å²) in [6.45, 7) is 11.6. The minimum Gasteiger partial charge on any atom is -0.369 e. The van der Waals surface area contributed by atoms with Crippen molar-refractivity contribution in [3.05, 3.63) is 0 Å². The van der Waals surface area contributed by atoms with Crippen molar-refractivity contribution in [2.45, 2.75) is 90.3 Å². The molecule has 0 unspecified atom stereocenters. The lowest BCUT2D eigenvalue weighted by Crippen LogP contribution is -2.62. The summed E-state index contributed by atoms with van der Waals surface area (Å²) in [5, 5.41) is 13.2. The zero-order valence-corrected chi connectivity index (χ0v) is 14.9. The van der Waals surface area contributed by atoms with Gasteiger partial charge in [0.15, 0.2) is 6.19 Å². The number of nitrogens with one attached hydrogen (secondary N) is 1. The number of hydrogen-bond donors (Lipinski definition) is 2. The third-order valence-electron chi connectivity index (χ3n) is 4.17. The van der Waals surface area contributed by atoms with Crippen LogP contribution in [-0.2, 0) is 0 Å². The highest BCUT2D eigenvalue weighted by molar-refractivity contribution is 5.80. The maximum atomic E-state index is 9.52. The van der Waals surface area contributed by atoms with E-state index in [1.165, 1.54) is 19.3 Å². The van der Waals surface area contributed by atoms with Crippen LogP contribution < -0.4 is 11.1 Å². The van der Waals surface area contributed by atoms with E-state index in [1.807, 2.05) is 0 Å². The van der Waals surface area contributed by atoms with Gasteiger partial charge in [-0.1, -0.05) is 26.2 Å². The third kappa shape index (κ3) is 5.84. The van der Waals surface area contributed by atoms with Gasteiger partial charge in [-0.05, 0) is 47.0 Å². The van der Waals surface area contributed by atoms with Gasteiger partial charge in [-0.3, -0.25) is 4.99 Å². The van der Waals surface area contributed by atoms with E-state index in [-0.39, 0.29) is 17.1 Å². The largest absolute Gasteiger partial charge is 0.369 e. The summed E-state index contributed by atoms with van der Waals surface area (Å²) in [4.78, 5) is 6.03. The molecule has 0 bridgehead atoms. The normalized spacial score (nSPS) is 21.4. The Balaban J connectivity index is 2.69. The van der Waals surface area contributed by atoms with Gasteiger partial charge in [0, 0.05) is 17.6 Å². The Labute approximate surface area is 136 Å². The number of unbranched alkanes of at least 4 members (excludes halogenated alkanes) is 3. The molecule has 126 valence electrons. The molecule has 1 heterocycles. The molecule has 0 atom stereocenters. The fourth-order valence-corrected chi connectivity index (χ4v) is 3.58. The molecule has 0 amide bonds. The van der Waals surface area contributed by atoms with E-state index < -0.39 is 0 Å². The van der Waals surface area contributed by atoms with Crippen LogP contribution in [0.2, 0.25) is 0 Å². The van der Waals surface area contributed by atoms with Gasteiger partial charge in [-0.2, -0.15) is 5.26 Å². The van der Waals surface area contributed by atoms with Gasteiger partial charge in [0.2, 0.25) is 5.96 Å². The van der Waals surface area contributed by atoms with Crippen molar-refractivity contribution in [3.8, 4) is 6.19 Å². The highest BCUT2D eigenvalue weighted by Gasteiger charge is 2.40. The SMILES string of the molecule is CCCCCCN=C(N)N(C#N)C1CC(C)(C)NC(C)(C)C1. The summed E-state index contributed by atoms with van der Waals surface area (Å²) in [6.07, 6.45) is 8.67. The molecule has 0 aromatic carbocycles. The molecule has 3 N–H and O–H groups in total. The Morgan fingerprint density at radius 2 is 1.82 bits per heavy atom. The fraction of sp³-hybridized carbons (Fsp3) is 0.882. The molecular formula is C17H33N5. The average Bonchev–Trinajstić information content (AvgIpc) is 2.35. The monoisotopic (exact) mass is 307 g/mol. The molecule has 0 aromatic heterocycles. The lowest BCUT2D eigenvalue weighted by atomic mass is 9.79. The maximum Gasteiger partial charge on any atom is 0.204 e. The summed E-state index contributed by atoms with van der Waals surface area (Å²) in [5.74, 6) is 0.373. The van der Waals surface area contributed by atoms with E-state index in [2.05, 4.69) is 51.1 Å². The van der Waals surface area contributed by atoms with Crippen molar-refractivity contribution in [3.63, 3.8) is 0 Å². The molecule has 5 nitrogen and oxygen atoms in total. The first kappa shape index (κ1) is 18.8. The molecule has 1 fully saturated rings. The molecular weight excluding hydrogens is 274 g/mol. The summed E-state index contributed by atoms with van der Waals surface area (Å²) >= 11 is 0. The van der Waals surface area contributed by atoms with Gasteiger partial charge in [-0.15, -0.1) is 0 Å². The topological polar surface area (TPSA) is 77.4 Å². The highest BCUT2D eigenvalue weighted by Crippen LogP contribution is 2.31. The quantitative estimate of drug-likeness (QED) is 0.260. The second-order valence-corrected chi connectivity index (χ2v) is 7.73. The van der Waals surface area contributed by atoms with E-state index in [1.54, 1.807) is 4.90 Å². The van der Waals surface area contributed by atoms with Crippen LogP contribution in [0.25, 0.3) is 0 Å². The second kappa shape index (κ2) is 7.82. The van der Waals surface area contributed by atoms with Crippen LogP contribution in [0, 0.1) is 11.5 Å². The first-order chi connectivity index (χ1) is 10.2. The zero-order valence-electron chi connectivity index (χ0n) is 14.9. The van der Waals surface area contributed by atoms with E-state index in [0.29, 0.717) is 12.5 Å². The summed E-state index contributed by atoms with van der Waals surface area (Å²) in [5.41, 5.74) is 6.06. The number of nitrogens with two attached hydrogens (primary N) is 1. The van der Waals surface area contributed by atoms with Crippen LogP contribution in [0.4, 0.5) is 0 Å². The van der Waals surface area contributed by atoms with Gasteiger partial charge in [-0.25, -0.2) is 4.90 Å². The number of nitriles is 1. The number of aliphatic imine (C=N–C) groups is 1. The second-order valence-electron chi connectivity index (χ2n) is 7.73. The van der Waals surface area contributed by atoms with Crippen molar-refractivity contribution < 1.29 is 0 Å². The van der Waals surface area contributed by atoms with Gasteiger partial charge in [0.1, 0.15) is 0 Å². The third-order valence-corrected chi connectivity index (χ3v) is 4.17. The minimum atomic E-state index is -0.0110. The van der Waals surface area contributed by atoms with Gasteiger partial charge in [0.05, 0.1) is 6.04 Å². The zero-order chi connectivity index (χ0) is 16.8. The molecule has 0 aliphatic carbocycles. The van der Waals surface area contributed by atoms with Crippen LogP contribution in [-0.4, -0.2) is 34.5 Å². The Bertz CT molecular complexity index is 403. The minimum absolute atomic E-state index is 0.0110. The molecule has 1 rings (SSSR count). The first-order valence-corrected chi connectivity index (χ1v) is 8.49. The first-order valence-electron chi connectivity index (χ1n) is 8.49. The Kier molecular flexibility index (Phi) is 6.67. The predicted molar refractivity (Wildman–Crippen MR) is 92.4 cm³/mol. The molecule has 0 saturated carbocycles. The average molecular weight is 307 g/mol. The van der Waals surface area contributed by atoms with E-state index >= 15 is 0 Å². The van der Waals surface area contributed by atoms with Crippen LogP contribution in [0.5, 0.6) is 0 Å². The molecule has 0 radical (unpaired) electrons. The number of rotatable bonds is 6. The molecule has 1 aliphatic heterocycles. The number of nitrogens with zero attached hydrogens (tertiary/aromatic N) is 3. The molecule has 1 aliphatic rings. The number of guanidine groups is 1. The lowest BCUT2D eigenvalue weighted by molar-refractivity contribution is 0.123. The van der Waals surface area contributed by atoms with Crippen molar-refractivity contribution in [1.82, 2.24) is 10.2 Å². The summed E-state index contributed by atoms with van der Waals surface area (Å²) in [6, 6.07) is 0.107. The molecule has 0 spiro atoms. The lowest BCUT2D eigenvalue weighted by Gasteiger charge is -2.48. The van der Waals surface area contributed by atoms with Gasteiger partial charge in [0.25, 0.3) is 0 Å². The number of hydrogen-bond acceptors (Lipinski definition) is 3. The highest BCUT2D eigenvalue weighted by atomic mass is 15.3. The Morgan fingerprint density at radius 3 is 2.32 bits per heavy atom. The van der Waals surface area contributed by atoms with Crippen LogP contribution >= 0.6 is 0 Å². The summed E-state index contributed by atoms with van der Waals surface area (Å²) < 4.78 is 0. The Hall–Kier alpha value is -1.28. The number of piperidine rings is 1. The molecule has 0 aromatic rings. The molecule has 5 heteroatoms. The molecule has 22 heavy (non-hydrogen) atoms. The van der Waals surface area contributed by atoms with Crippen molar-refractivity contribution in [1.29, 1.82) is 5.26 Å². The van der Waals surface area contributed by atoms with Crippen LogP contribution in [0.15, 0.2) is 4.99 Å².